The molecule has 5 nitrogen and oxygen atoms in total. The number of nitrogens with zero attached hydrogens (tertiary/aromatic N) is 1. The molecule has 8 heteroatoms. The molecule has 0 radical (unpaired) electrons. The molecule has 1 heterocycles. The molecule has 0 atom stereocenters. The number of imide groups is 1. The van der Waals surface area contributed by atoms with Crippen molar-refractivity contribution in [1.82, 2.24) is 0 Å². The first-order chi connectivity index (χ1) is 12.9. The average Bonchev–Trinajstić information content (AvgIpc) is 2.90. The van der Waals surface area contributed by atoms with Gasteiger partial charge in [-0.05, 0) is 60.7 Å². The number of carbonyl (C=O) groups is 2. The van der Waals surface area contributed by atoms with Crippen molar-refractivity contribution < 1.29 is 19.1 Å². The molecule has 27 heavy (non-hydrogen) atoms. The van der Waals surface area contributed by atoms with Crippen molar-refractivity contribution in [2.45, 2.75) is 6.92 Å². The van der Waals surface area contributed by atoms with Crippen LogP contribution >= 0.6 is 35.0 Å². The minimum atomic E-state index is -0.420. The van der Waals surface area contributed by atoms with E-state index in [9.17, 15) is 9.59 Å². The summed E-state index contributed by atoms with van der Waals surface area (Å²) in [5.41, 5.74) is 1.05. The summed E-state index contributed by atoms with van der Waals surface area (Å²) >= 11 is 13.1. The highest BCUT2D eigenvalue weighted by atomic mass is 35.5. The Labute approximate surface area is 170 Å². The van der Waals surface area contributed by atoms with Crippen molar-refractivity contribution >= 4 is 57.9 Å². The van der Waals surface area contributed by atoms with Crippen LogP contribution in [0.25, 0.3) is 6.08 Å². The van der Waals surface area contributed by atoms with Crippen LogP contribution in [0, 0.1) is 0 Å². The van der Waals surface area contributed by atoms with Gasteiger partial charge in [-0.2, -0.15) is 0 Å². The highest BCUT2D eigenvalue weighted by Gasteiger charge is 2.36. The second kappa shape index (κ2) is 8.25. The van der Waals surface area contributed by atoms with E-state index in [4.69, 9.17) is 32.7 Å². The van der Waals surface area contributed by atoms with E-state index in [1.165, 1.54) is 7.11 Å². The van der Waals surface area contributed by atoms with Gasteiger partial charge in [0.05, 0.1) is 29.3 Å². The zero-order valence-electron chi connectivity index (χ0n) is 14.5. The predicted octanol–water partition coefficient (Wildman–Crippen LogP) is 5.64. The van der Waals surface area contributed by atoms with Crippen molar-refractivity contribution in [3.05, 3.63) is 56.9 Å². The van der Waals surface area contributed by atoms with Crippen LogP contribution in [0.4, 0.5) is 10.5 Å². The summed E-state index contributed by atoms with van der Waals surface area (Å²) in [6, 6.07) is 9.93. The summed E-state index contributed by atoms with van der Waals surface area (Å²) in [5.74, 6) is 0.465. The Kier molecular flexibility index (Phi) is 5.99. The van der Waals surface area contributed by atoms with Crippen molar-refractivity contribution in [2.24, 2.45) is 0 Å². The SMILES string of the molecule is CCOc1c(Cl)cc(/C=C2/SC(=O)N(c3cccc(Cl)c3)C2=O)cc1OC. The highest BCUT2D eigenvalue weighted by Crippen LogP contribution is 2.40. The normalized spacial score (nSPS) is 15.6. The predicted molar refractivity (Wildman–Crippen MR) is 109 cm³/mol. The standard InChI is InChI=1S/C19H15Cl2NO4S/c1-3-26-17-14(21)7-11(8-15(17)25-2)9-16-18(23)22(19(24)27-16)13-6-4-5-12(20)10-13/h4-10H,3H2,1-2H3/b16-9+. The largest absolute Gasteiger partial charge is 0.493 e. The topological polar surface area (TPSA) is 55.8 Å². The number of rotatable bonds is 5. The van der Waals surface area contributed by atoms with E-state index in [1.807, 2.05) is 6.92 Å². The van der Waals surface area contributed by atoms with E-state index < -0.39 is 11.1 Å². The molecule has 0 saturated carbocycles. The maximum atomic E-state index is 12.7. The Morgan fingerprint density at radius 3 is 2.63 bits per heavy atom. The van der Waals surface area contributed by atoms with E-state index in [1.54, 1.807) is 42.5 Å². The van der Waals surface area contributed by atoms with Crippen molar-refractivity contribution in [3.8, 4) is 11.5 Å². The molecule has 3 rings (SSSR count). The number of hydrogen-bond donors (Lipinski definition) is 0. The quantitative estimate of drug-likeness (QED) is 0.582. The Hall–Kier alpha value is -2.15. The lowest BCUT2D eigenvalue weighted by Crippen LogP contribution is -2.27. The van der Waals surface area contributed by atoms with Crippen LogP contribution in [0.3, 0.4) is 0 Å². The van der Waals surface area contributed by atoms with Gasteiger partial charge in [0, 0.05) is 5.02 Å². The zero-order chi connectivity index (χ0) is 19.6. The molecule has 0 bridgehead atoms. The first-order valence-electron chi connectivity index (χ1n) is 7.98. The summed E-state index contributed by atoms with van der Waals surface area (Å²) in [6.07, 6.45) is 1.60. The summed E-state index contributed by atoms with van der Waals surface area (Å²) in [7, 11) is 1.50. The van der Waals surface area contributed by atoms with E-state index in [-0.39, 0.29) is 4.91 Å². The van der Waals surface area contributed by atoms with Gasteiger partial charge in [-0.1, -0.05) is 29.3 Å². The number of anilines is 1. The lowest BCUT2D eigenvalue weighted by molar-refractivity contribution is -0.113. The van der Waals surface area contributed by atoms with Gasteiger partial charge in [0.15, 0.2) is 11.5 Å². The third kappa shape index (κ3) is 4.08. The number of amides is 2. The molecule has 0 aromatic heterocycles. The fourth-order valence-electron chi connectivity index (χ4n) is 2.56. The van der Waals surface area contributed by atoms with Gasteiger partial charge in [-0.25, -0.2) is 4.90 Å². The molecule has 0 aliphatic carbocycles. The summed E-state index contributed by atoms with van der Waals surface area (Å²) in [5, 5.41) is 0.410. The van der Waals surface area contributed by atoms with E-state index in [0.717, 1.165) is 16.7 Å². The van der Waals surface area contributed by atoms with Gasteiger partial charge in [0.1, 0.15) is 0 Å². The summed E-state index contributed by atoms with van der Waals surface area (Å²) < 4.78 is 10.8. The minimum absolute atomic E-state index is 0.280. The lowest BCUT2D eigenvalue weighted by atomic mass is 10.1. The molecule has 0 N–H and O–H groups in total. The molecule has 0 spiro atoms. The molecule has 1 aliphatic rings. The van der Waals surface area contributed by atoms with E-state index in [2.05, 4.69) is 0 Å². The van der Waals surface area contributed by atoms with Crippen LogP contribution in [-0.4, -0.2) is 24.9 Å². The monoisotopic (exact) mass is 423 g/mol. The number of carbonyl (C=O) groups excluding carboxylic acids is 2. The summed E-state index contributed by atoms with van der Waals surface area (Å²) in [4.78, 5) is 26.4. The molecule has 1 fully saturated rings. The zero-order valence-corrected chi connectivity index (χ0v) is 16.8. The Balaban J connectivity index is 1.95. The number of halogens is 2. The van der Waals surface area contributed by atoms with Crippen LogP contribution in [0.2, 0.25) is 10.0 Å². The first-order valence-corrected chi connectivity index (χ1v) is 9.55. The number of thioether (sulfide) groups is 1. The van der Waals surface area contributed by atoms with Crippen LogP contribution in [0.1, 0.15) is 12.5 Å². The Morgan fingerprint density at radius 1 is 1.19 bits per heavy atom. The van der Waals surface area contributed by atoms with E-state index in [0.29, 0.717) is 39.4 Å². The van der Waals surface area contributed by atoms with Crippen LogP contribution < -0.4 is 14.4 Å². The first kappa shape index (κ1) is 19.6. The molecule has 2 aromatic rings. The molecule has 1 aliphatic heterocycles. The van der Waals surface area contributed by atoms with Gasteiger partial charge < -0.3 is 9.47 Å². The van der Waals surface area contributed by atoms with Gasteiger partial charge >= 0.3 is 0 Å². The number of ether oxygens (including phenoxy) is 2. The third-order valence-corrected chi connectivity index (χ3v) is 5.08. The lowest BCUT2D eigenvalue weighted by Gasteiger charge is -2.13. The van der Waals surface area contributed by atoms with Gasteiger partial charge in [-0.15, -0.1) is 0 Å². The fraction of sp³-hybridized carbons (Fsp3) is 0.158. The smallest absolute Gasteiger partial charge is 0.298 e. The molecule has 2 aromatic carbocycles. The number of benzene rings is 2. The second-order valence-corrected chi connectivity index (χ2v) is 7.30. The van der Waals surface area contributed by atoms with Gasteiger partial charge in [0.2, 0.25) is 0 Å². The van der Waals surface area contributed by atoms with Crippen LogP contribution in [0.5, 0.6) is 11.5 Å². The molecule has 1 saturated heterocycles. The van der Waals surface area contributed by atoms with Crippen LogP contribution in [-0.2, 0) is 4.79 Å². The van der Waals surface area contributed by atoms with Crippen LogP contribution in [0.15, 0.2) is 41.3 Å². The molecule has 2 amide bonds. The van der Waals surface area contributed by atoms with Crippen molar-refractivity contribution in [3.63, 3.8) is 0 Å². The van der Waals surface area contributed by atoms with E-state index >= 15 is 0 Å². The molecule has 140 valence electrons. The summed E-state index contributed by atoms with van der Waals surface area (Å²) in [6.45, 7) is 2.28. The number of hydrogen-bond acceptors (Lipinski definition) is 5. The van der Waals surface area contributed by atoms with Crippen molar-refractivity contribution in [1.29, 1.82) is 0 Å². The third-order valence-electron chi connectivity index (χ3n) is 3.70. The number of methoxy groups -OCH3 is 1. The molecular formula is C19H15Cl2NO4S. The fourth-order valence-corrected chi connectivity index (χ4v) is 3.86. The Bertz CT molecular complexity index is 945. The Morgan fingerprint density at radius 2 is 1.96 bits per heavy atom. The molecular weight excluding hydrogens is 409 g/mol. The maximum Gasteiger partial charge on any atom is 0.298 e. The van der Waals surface area contributed by atoms with Crippen molar-refractivity contribution in [2.75, 3.05) is 18.6 Å². The average molecular weight is 424 g/mol. The second-order valence-electron chi connectivity index (χ2n) is 5.46. The highest BCUT2D eigenvalue weighted by molar-refractivity contribution is 8.19. The molecule has 0 unspecified atom stereocenters. The van der Waals surface area contributed by atoms with Gasteiger partial charge in [0.25, 0.3) is 11.1 Å². The minimum Gasteiger partial charge on any atom is -0.493 e. The maximum absolute atomic E-state index is 12.7. The van der Waals surface area contributed by atoms with Gasteiger partial charge in [-0.3, -0.25) is 9.59 Å².